The van der Waals surface area contributed by atoms with Gasteiger partial charge >= 0.3 is 11.9 Å². The number of carboxylic acids is 1. The van der Waals surface area contributed by atoms with E-state index in [0.29, 0.717) is 0 Å². The van der Waals surface area contributed by atoms with E-state index < -0.39 is 42.3 Å². The molecule has 130 valence electrons. The summed E-state index contributed by atoms with van der Waals surface area (Å²) in [4.78, 5) is 46.1. The number of aliphatic carboxylic acids is 1. The minimum absolute atomic E-state index is 0.180. The van der Waals surface area contributed by atoms with Crippen molar-refractivity contribution in [1.82, 2.24) is 10.6 Å². The predicted octanol–water partition coefficient (Wildman–Crippen LogP) is -0.134. The summed E-state index contributed by atoms with van der Waals surface area (Å²) in [6.07, 6.45) is -0.413. The third-order valence-corrected chi connectivity index (χ3v) is 3.16. The molecule has 0 unspecified atom stereocenters. The van der Waals surface area contributed by atoms with E-state index >= 15 is 0 Å². The molecule has 0 aliphatic rings. The summed E-state index contributed by atoms with van der Waals surface area (Å²) in [6, 6.07) is 6.69. The zero-order valence-corrected chi connectivity index (χ0v) is 13.4. The lowest BCUT2D eigenvalue weighted by atomic mass is 10.1. The van der Waals surface area contributed by atoms with Crippen LogP contribution < -0.4 is 10.6 Å². The maximum atomic E-state index is 12.2. The molecule has 1 aromatic rings. The quantitative estimate of drug-likeness (QED) is 0.568. The SMILES string of the molecule is COC(=O)[C@H](Cc1ccccc1)NC(=O)[C@H](CC(=O)O)NC(C)=O. The summed E-state index contributed by atoms with van der Waals surface area (Å²) < 4.78 is 4.67. The van der Waals surface area contributed by atoms with Crippen molar-refractivity contribution in [3.05, 3.63) is 35.9 Å². The highest BCUT2D eigenvalue weighted by Gasteiger charge is 2.28. The van der Waals surface area contributed by atoms with E-state index in [-0.39, 0.29) is 6.42 Å². The molecule has 2 amide bonds. The van der Waals surface area contributed by atoms with E-state index in [2.05, 4.69) is 15.4 Å². The molecule has 24 heavy (non-hydrogen) atoms. The fourth-order valence-electron chi connectivity index (χ4n) is 2.09. The van der Waals surface area contributed by atoms with Crippen LogP contribution in [0.5, 0.6) is 0 Å². The van der Waals surface area contributed by atoms with Gasteiger partial charge in [-0.1, -0.05) is 30.3 Å². The first-order chi connectivity index (χ1) is 11.3. The van der Waals surface area contributed by atoms with Crippen molar-refractivity contribution in [3.63, 3.8) is 0 Å². The van der Waals surface area contributed by atoms with Gasteiger partial charge in [0.05, 0.1) is 13.5 Å². The van der Waals surface area contributed by atoms with Crippen LogP contribution in [0.2, 0.25) is 0 Å². The number of hydrogen-bond donors (Lipinski definition) is 3. The molecule has 2 atom stereocenters. The van der Waals surface area contributed by atoms with Crippen LogP contribution in [0.15, 0.2) is 30.3 Å². The van der Waals surface area contributed by atoms with E-state index in [1.54, 1.807) is 24.3 Å². The third kappa shape index (κ3) is 6.47. The first-order valence-electron chi connectivity index (χ1n) is 7.24. The molecule has 0 saturated heterocycles. The second kappa shape index (κ2) is 9.29. The fourth-order valence-corrected chi connectivity index (χ4v) is 2.09. The van der Waals surface area contributed by atoms with E-state index in [9.17, 15) is 19.2 Å². The molecule has 0 aromatic heterocycles. The van der Waals surface area contributed by atoms with Gasteiger partial charge in [0.2, 0.25) is 11.8 Å². The molecule has 1 aromatic carbocycles. The molecule has 3 N–H and O–H groups in total. The van der Waals surface area contributed by atoms with Gasteiger partial charge in [-0.2, -0.15) is 0 Å². The first kappa shape index (κ1) is 19.1. The molecule has 0 saturated carbocycles. The molecule has 0 radical (unpaired) electrons. The number of hydrogen-bond acceptors (Lipinski definition) is 5. The number of rotatable bonds is 8. The van der Waals surface area contributed by atoms with Crippen LogP contribution in [0.25, 0.3) is 0 Å². The highest BCUT2D eigenvalue weighted by atomic mass is 16.5. The van der Waals surface area contributed by atoms with E-state index in [0.717, 1.165) is 5.56 Å². The number of carboxylic acid groups (broad SMARTS) is 1. The molecule has 0 bridgehead atoms. The molecule has 0 aliphatic heterocycles. The molecule has 1 rings (SSSR count). The highest BCUT2D eigenvalue weighted by Crippen LogP contribution is 2.05. The summed E-state index contributed by atoms with van der Waals surface area (Å²) >= 11 is 0. The average Bonchev–Trinajstić information content (AvgIpc) is 2.52. The standard InChI is InChI=1S/C16H20N2O6/c1-10(19)17-12(9-14(20)21)15(22)18-13(16(23)24-2)8-11-6-4-3-5-7-11/h3-7,12-13H,8-9H2,1-2H3,(H,17,19)(H,18,22)(H,20,21)/t12-,13-/m0/s1. The predicted molar refractivity (Wildman–Crippen MR) is 84.0 cm³/mol. The third-order valence-electron chi connectivity index (χ3n) is 3.16. The van der Waals surface area contributed by atoms with Gasteiger partial charge in [-0.25, -0.2) is 4.79 Å². The van der Waals surface area contributed by atoms with Crippen molar-refractivity contribution in [2.75, 3.05) is 7.11 Å². The summed E-state index contributed by atoms with van der Waals surface area (Å²) in [7, 11) is 1.19. The van der Waals surface area contributed by atoms with Crippen LogP contribution in [-0.4, -0.2) is 48.1 Å². The lowest BCUT2D eigenvalue weighted by Gasteiger charge is -2.21. The van der Waals surface area contributed by atoms with Gasteiger partial charge < -0.3 is 20.5 Å². The second-order valence-corrected chi connectivity index (χ2v) is 5.13. The van der Waals surface area contributed by atoms with E-state index in [1.165, 1.54) is 14.0 Å². The molecule has 0 spiro atoms. The summed E-state index contributed by atoms with van der Waals surface area (Å²) in [6.45, 7) is 1.17. The smallest absolute Gasteiger partial charge is 0.328 e. The Morgan fingerprint density at radius 1 is 1.08 bits per heavy atom. The molecule has 8 heteroatoms. The Hall–Kier alpha value is -2.90. The largest absolute Gasteiger partial charge is 0.481 e. The van der Waals surface area contributed by atoms with Gasteiger partial charge in [0, 0.05) is 13.3 Å². The lowest BCUT2D eigenvalue weighted by molar-refractivity contribution is -0.145. The topological polar surface area (TPSA) is 122 Å². The Morgan fingerprint density at radius 3 is 2.21 bits per heavy atom. The van der Waals surface area contributed by atoms with Crippen LogP contribution in [0.1, 0.15) is 18.9 Å². The van der Waals surface area contributed by atoms with Crippen LogP contribution in [0.4, 0.5) is 0 Å². The Labute approximate surface area is 139 Å². The number of methoxy groups -OCH3 is 1. The number of nitrogens with one attached hydrogen (secondary N) is 2. The zero-order chi connectivity index (χ0) is 18.1. The number of esters is 1. The van der Waals surface area contributed by atoms with Crippen molar-refractivity contribution in [2.24, 2.45) is 0 Å². The van der Waals surface area contributed by atoms with E-state index in [4.69, 9.17) is 5.11 Å². The highest BCUT2D eigenvalue weighted by molar-refractivity contribution is 5.92. The summed E-state index contributed by atoms with van der Waals surface area (Å²) in [5.74, 6) is -3.22. The van der Waals surface area contributed by atoms with Gasteiger partial charge in [0.15, 0.2) is 0 Å². The first-order valence-corrected chi connectivity index (χ1v) is 7.24. The van der Waals surface area contributed by atoms with E-state index in [1.807, 2.05) is 6.07 Å². The van der Waals surface area contributed by atoms with Gasteiger partial charge in [0.25, 0.3) is 0 Å². The van der Waals surface area contributed by atoms with Crippen molar-refractivity contribution in [3.8, 4) is 0 Å². The zero-order valence-electron chi connectivity index (χ0n) is 13.4. The Bertz CT molecular complexity index is 586. The molecular weight excluding hydrogens is 316 g/mol. The Kier molecular flexibility index (Phi) is 7.41. The number of carbonyl (C=O) groups excluding carboxylic acids is 3. The fraction of sp³-hybridized carbons (Fsp3) is 0.375. The number of benzene rings is 1. The van der Waals surface area contributed by atoms with Gasteiger partial charge in [0.1, 0.15) is 12.1 Å². The number of ether oxygens (including phenoxy) is 1. The van der Waals surface area contributed by atoms with Gasteiger partial charge in [-0.3, -0.25) is 14.4 Å². The second-order valence-electron chi connectivity index (χ2n) is 5.13. The van der Waals surface area contributed by atoms with Crippen LogP contribution in [-0.2, 0) is 30.3 Å². The summed E-state index contributed by atoms with van der Waals surface area (Å²) in [5.41, 5.74) is 0.794. The van der Waals surface area contributed by atoms with Crippen LogP contribution >= 0.6 is 0 Å². The number of amides is 2. The summed E-state index contributed by atoms with van der Waals surface area (Å²) in [5, 5.41) is 13.5. The lowest BCUT2D eigenvalue weighted by Crippen LogP contribution is -2.52. The molecular formula is C16H20N2O6. The monoisotopic (exact) mass is 336 g/mol. The van der Waals surface area contributed by atoms with Crippen molar-refractivity contribution < 1.29 is 29.0 Å². The molecule has 0 fully saturated rings. The van der Waals surface area contributed by atoms with Crippen LogP contribution in [0, 0.1) is 0 Å². The van der Waals surface area contributed by atoms with Crippen LogP contribution in [0.3, 0.4) is 0 Å². The van der Waals surface area contributed by atoms with Gasteiger partial charge in [-0.05, 0) is 5.56 Å². The normalized spacial score (nSPS) is 12.6. The maximum absolute atomic E-state index is 12.2. The average molecular weight is 336 g/mol. The molecule has 8 nitrogen and oxygen atoms in total. The Morgan fingerprint density at radius 2 is 1.71 bits per heavy atom. The molecule has 0 aliphatic carbocycles. The van der Waals surface area contributed by atoms with Crippen molar-refractivity contribution >= 4 is 23.8 Å². The molecule has 0 heterocycles. The van der Waals surface area contributed by atoms with Crippen molar-refractivity contribution in [2.45, 2.75) is 31.8 Å². The van der Waals surface area contributed by atoms with Gasteiger partial charge in [-0.15, -0.1) is 0 Å². The Balaban J connectivity index is 2.86. The maximum Gasteiger partial charge on any atom is 0.328 e. The minimum Gasteiger partial charge on any atom is -0.481 e. The van der Waals surface area contributed by atoms with Crippen molar-refractivity contribution in [1.29, 1.82) is 0 Å². The minimum atomic E-state index is -1.28. The number of carbonyl (C=O) groups is 4.